The number of Topliss-reactive ketones (excluding diaryl/α,β-unsaturated/α-hetero) is 3. The molecule has 0 bridgehead atoms. The van der Waals surface area contributed by atoms with E-state index in [0.29, 0.717) is 16.7 Å². The molecular formula is C31H47N3O21P4. The van der Waals surface area contributed by atoms with Crippen molar-refractivity contribution in [2.24, 2.45) is 17.2 Å². The number of ketones is 3. The van der Waals surface area contributed by atoms with Gasteiger partial charge >= 0.3 is 31.3 Å². The minimum Gasteiger partial charge on any atom is -0.504 e. The first kappa shape index (κ1) is 55.0. The van der Waals surface area contributed by atoms with Gasteiger partial charge in [0.05, 0.1) is 18.1 Å². The smallest absolute Gasteiger partial charge is 0.504 e. The molecule has 3 atom stereocenters. The van der Waals surface area contributed by atoms with Gasteiger partial charge in [-0.15, -0.1) is 0 Å². The molecule has 3 aromatic carbocycles. The average molecular weight is 922 g/mol. The maximum atomic E-state index is 11.1. The Bertz CT molecular complexity index is 2110. The molecule has 0 unspecified atom stereocenters. The standard InChI is InChI=1S/C10H15NO9P2.2C10H14NO6P.CH4/c1-6(12)8(11)4-7-2-3-9(19-21(13,14)15)10(5-7)20-22(16,17)18;1-6(12)8(11)4-7-2-3-10(9(13)5-7)17-18(14,15)16;1-6(12)8(11)4-7-2-3-9(13)10(5-7)17-18(14,15)16;/h2-3,5,8H,4,11H2,1H3,(H2,13,14,15)(H2,16,17,18);2*2-3,5,8,13H,4,11H2,1H3,(H2,14,15,16);1H4/t3*8-;/m000./s1. The van der Waals surface area contributed by atoms with E-state index in [2.05, 4.69) is 18.1 Å². The molecule has 0 aliphatic rings. The number of benzene rings is 3. The van der Waals surface area contributed by atoms with E-state index in [4.69, 9.17) is 56.3 Å². The molecule has 0 saturated carbocycles. The number of rotatable bonds is 17. The van der Waals surface area contributed by atoms with E-state index < -0.39 is 72.4 Å². The fraction of sp³-hybridized carbons (Fsp3) is 0.323. The molecule has 0 aliphatic heterocycles. The topological polar surface area (TPSA) is 437 Å². The molecule has 0 radical (unpaired) electrons. The molecule has 24 nitrogen and oxygen atoms in total. The van der Waals surface area contributed by atoms with Crippen LogP contribution in [0.1, 0.15) is 44.9 Å². The first-order valence-corrected chi connectivity index (χ1v) is 21.9. The summed E-state index contributed by atoms with van der Waals surface area (Å²) in [5.74, 6) is -3.34. The van der Waals surface area contributed by atoms with Crippen molar-refractivity contribution in [1.82, 2.24) is 0 Å². The van der Waals surface area contributed by atoms with Crippen molar-refractivity contribution in [2.45, 2.75) is 65.6 Å². The molecule has 3 aromatic rings. The van der Waals surface area contributed by atoms with Gasteiger partial charge in [-0.3, -0.25) is 53.5 Å². The van der Waals surface area contributed by atoms with Crippen molar-refractivity contribution in [3.8, 4) is 34.5 Å². The van der Waals surface area contributed by atoms with Gasteiger partial charge in [-0.05, 0) is 93.1 Å². The minimum atomic E-state index is -4.98. The molecule has 332 valence electrons. The number of phenolic OH excluding ortho intramolecular Hbond substituents is 2. The van der Waals surface area contributed by atoms with E-state index in [1.54, 1.807) is 0 Å². The number of phosphoric ester groups is 4. The van der Waals surface area contributed by atoms with Crippen molar-refractivity contribution in [3.63, 3.8) is 0 Å². The lowest BCUT2D eigenvalue weighted by Gasteiger charge is -2.15. The van der Waals surface area contributed by atoms with E-state index in [9.17, 15) is 42.9 Å². The third kappa shape index (κ3) is 23.4. The van der Waals surface area contributed by atoms with Gasteiger partial charge in [-0.1, -0.05) is 25.6 Å². The largest absolute Gasteiger partial charge is 0.524 e. The van der Waals surface area contributed by atoms with Crippen LogP contribution in [0.2, 0.25) is 0 Å². The van der Waals surface area contributed by atoms with Crippen molar-refractivity contribution in [1.29, 1.82) is 0 Å². The molecule has 0 aliphatic carbocycles. The SMILES string of the molecule is C.CC(=O)[C@@H](N)Cc1ccc(O)c(OP(=O)(O)O)c1.CC(=O)[C@@H](N)Cc1ccc(OP(=O)(O)O)c(O)c1.CC(=O)[C@@H](N)Cc1ccc(OP(=O)(O)O)c(OP(=O)(O)O)c1. The highest BCUT2D eigenvalue weighted by Gasteiger charge is 2.25. The van der Waals surface area contributed by atoms with Crippen LogP contribution in [-0.2, 0) is 51.9 Å². The third-order valence-corrected chi connectivity index (χ3v) is 8.60. The quantitative estimate of drug-likeness (QED) is 0.0850. The van der Waals surface area contributed by atoms with Crippen LogP contribution in [0.5, 0.6) is 34.5 Å². The molecule has 0 spiro atoms. The van der Waals surface area contributed by atoms with Crippen LogP contribution in [0, 0.1) is 0 Å². The second-order valence-corrected chi connectivity index (χ2v) is 16.6. The summed E-state index contributed by atoms with van der Waals surface area (Å²) in [5.41, 5.74) is 18.1. The maximum Gasteiger partial charge on any atom is 0.524 e. The lowest BCUT2D eigenvalue weighted by molar-refractivity contribution is -0.119. The summed E-state index contributed by atoms with van der Waals surface area (Å²) >= 11 is 0. The summed E-state index contributed by atoms with van der Waals surface area (Å²) in [6.07, 6.45) is 0.454. The summed E-state index contributed by atoms with van der Waals surface area (Å²) < 4.78 is 60.2. The summed E-state index contributed by atoms with van der Waals surface area (Å²) in [6.45, 7) is 3.98. The zero-order valence-corrected chi connectivity index (χ0v) is 34.1. The molecule has 0 heterocycles. The average Bonchev–Trinajstić information content (AvgIpc) is 3.03. The monoisotopic (exact) mass is 921 g/mol. The fourth-order valence-electron chi connectivity index (χ4n) is 4.06. The molecule has 16 N–H and O–H groups in total. The van der Waals surface area contributed by atoms with Gasteiger partial charge in [-0.2, -0.15) is 0 Å². The second-order valence-electron chi connectivity index (χ2n) is 12.0. The first-order chi connectivity index (χ1) is 26.2. The van der Waals surface area contributed by atoms with Crippen molar-refractivity contribution in [2.75, 3.05) is 0 Å². The van der Waals surface area contributed by atoms with E-state index in [1.807, 2.05) is 0 Å². The summed E-state index contributed by atoms with van der Waals surface area (Å²) in [7, 11) is -19.4. The Morgan fingerprint density at radius 3 is 1.12 bits per heavy atom. The molecule has 0 saturated heterocycles. The van der Waals surface area contributed by atoms with Gasteiger partial charge in [0.15, 0.2) is 34.5 Å². The van der Waals surface area contributed by atoms with E-state index >= 15 is 0 Å². The lowest BCUT2D eigenvalue weighted by Crippen LogP contribution is -2.30. The number of nitrogens with two attached hydrogens (primary N) is 3. The van der Waals surface area contributed by atoms with Gasteiger partial charge in [0.25, 0.3) is 0 Å². The van der Waals surface area contributed by atoms with Gasteiger partial charge in [0.2, 0.25) is 0 Å². The van der Waals surface area contributed by atoms with Crippen LogP contribution in [0.25, 0.3) is 0 Å². The summed E-state index contributed by atoms with van der Waals surface area (Å²) in [4.78, 5) is 103. The Kier molecular flexibility index (Phi) is 21.5. The first-order valence-electron chi connectivity index (χ1n) is 15.8. The number of carbonyl (C=O) groups excluding carboxylic acids is 3. The fourth-order valence-corrected chi connectivity index (χ4v) is 5.68. The highest BCUT2D eigenvalue weighted by molar-refractivity contribution is 7.47. The highest BCUT2D eigenvalue weighted by Crippen LogP contribution is 2.47. The van der Waals surface area contributed by atoms with Crippen LogP contribution < -0.4 is 35.3 Å². The maximum absolute atomic E-state index is 11.1. The van der Waals surface area contributed by atoms with Gasteiger partial charge in [0, 0.05) is 0 Å². The second kappa shape index (κ2) is 23.1. The molecule has 3 rings (SSSR count). The number of phenols is 2. The Labute approximate surface area is 336 Å². The van der Waals surface area contributed by atoms with Crippen molar-refractivity contribution < 1.29 is 100 Å². The van der Waals surface area contributed by atoms with Crippen LogP contribution >= 0.6 is 31.3 Å². The van der Waals surface area contributed by atoms with Crippen LogP contribution in [0.15, 0.2) is 54.6 Å². The number of hydrogen-bond donors (Lipinski definition) is 13. The van der Waals surface area contributed by atoms with Gasteiger partial charge < -0.3 is 45.5 Å². The summed E-state index contributed by atoms with van der Waals surface area (Å²) in [5, 5.41) is 18.9. The molecule has 28 heteroatoms. The van der Waals surface area contributed by atoms with Gasteiger partial charge in [0.1, 0.15) is 17.3 Å². The predicted molar refractivity (Wildman–Crippen MR) is 207 cm³/mol. The molecule has 59 heavy (non-hydrogen) atoms. The molecule has 0 fully saturated rings. The predicted octanol–water partition coefficient (Wildman–Crippen LogP) is 1.37. The van der Waals surface area contributed by atoms with Crippen LogP contribution in [0.4, 0.5) is 0 Å². The number of hydrogen-bond acceptors (Lipinski definition) is 16. The van der Waals surface area contributed by atoms with Crippen LogP contribution in [-0.4, -0.2) is 84.8 Å². The van der Waals surface area contributed by atoms with Crippen molar-refractivity contribution >= 4 is 48.6 Å². The van der Waals surface area contributed by atoms with Crippen LogP contribution in [0.3, 0.4) is 0 Å². The zero-order valence-electron chi connectivity index (χ0n) is 30.5. The Hall–Kier alpha value is -4.05. The third-order valence-electron chi connectivity index (χ3n) is 6.86. The number of aromatic hydroxyl groups is 2. The van der Waals surface area contributed by atoms with E-state index in [-0.39, 0.29) is 55.5 Å². The number of carbonyl (C=O) groups is 3. The minimum absolute atomic E-state index is 0. The zero-order chi connectivity index (χ0) is 45.0. The molecular weight excluding hydrogens is 874 g/mol. The molecule has 0 amide bonds. The summed E-state index contributed by atoms with van der Waals surface area (Å²) in [6, 6.07) is 9.08. The van der Waals surface area contributed by atoms with Gasteiger partial charge in [-0.25, -0.2) is 18.3 Å². The highest BCUT2D eigenvalue weighted by atomic mass is 31.2. The Balaban J connectivity index is 0.000000854. The Morgan fingerprint density at radius 2 is 0.763 bits per heavy atom. The normalized spacial score (nSPS) is 13.1. The van der Waals surface area contributed by atoms with Crippen molar-refractivity contribution in [3.05, 3.63) is 71.3 Å². The number of phosphoric acid groups is 4. The lowest BCUT2D eigenvalue weighted by atomic mass is 10.0. The van der Waals surface area contributed by atoms with E-state index in [1.165, 1.54) is 63.2 Å². The van der Waals surface area contributed by atoms with E-state index in [0.717, 1.165) is 12.1 Å². The Morgan fingerprint density at radius 1 is 0.475 bits per heavy atom. The molecule has 0 aromatic heterocycles.